The third-order valence-corrected chi connectivity index (χ3v) is 4.84. The maximum Gasteiger partial charge on any atom is 0.224 e. The molecule has 0 heterocycles. The summed E-state index contributed by atoms with van der Waals surface area (Å²) in [7, 11) is -2.98. The highest BCUT2D eigenvalue weighted by Crippen LogP contribution is 2.13. The van der Waals surface area contributed by atoms with Gasteiger partial charge in [0.15, 0.2) is 5.96 Å². The van der Waals surface area contributed by atoms with Crippen molar-refractivity contribution in [1.82, 2.24) is 10.6 Å². The van der Waals surface area contributed by atoms with Crippen molar-refractivity contribution < 1.29 is 13.2 Å². The molecule has 160 valence electrons. The molecule has 1 atom stereocenters. The van der Waals surface area contributed by atoms with Crippen molar-refractivity contribution >= 4 is 63.0 Å². The van der Waals surface area contributed by atoms with E-state index in [4.69, 9.17) is 11.6 Å². The molecule has 0 aliphatic rings. The van der Waals surface area contributed by atoms with Gasteiger partial charge in [0.05, 0.1) is 5.75 Å². The molecule has 0 radical (unpaired) electrons. The summed E-state index contributed by atoms with van der Waals surface area (Å²) in [5, 5.41) is 9.74. The zero-order valence-electron chi connectivity index (χ0n) is 16.5. The lowest BCUT2D eigenvalue weighted by Crippen LogP contribution is -2.42. The van der Waals surface area contributed by atoms with Crippen molar-refractivity contribution in [1.29, 1.82) is 0 Å². The highest BCUT2D eigenvalue weighted by Gasteiger charge is 2.09. The molecule has 0 aliphatic heterocycles. The zero-order chi connectivity index (χ0) is 20.3. The molecule has 0 bridgehead atoms. The first-order valence-corrected chi connectivity index (χ1v) is 11.4. The van der Waals surface area contributed by atoms with E-state index in [0.717, 1.165) is 0 Å². The maximum atomic E-state index is 11.9. The number of rotatable bonds is 10. The zero-order valence-corrected chi connectivity index (χ0v) is 20.4. The van der Waals surface area contributed by atoms with E-state index in [1.165, 1.54) is 6.26 Å². The van der Waals surface area contributed by atoms with E-state index in [9.17, 15) is 13.2 Å². The molecule has 0 fully saturated rings. The number of guanidine groups is 1. The van der Waals surface area contributed by atoms with Crippen molar-refractivity contribution in [3.63, 3.8) is 0 Å². The Labute approximate surface area is 190 Å². The molecule has 0 spiro atoms. The van der Waals surface area contributed by atoms with Crippen LogP contribution in [0.15, 0.2) is 29.3 Å². The average molecular weight is 545 g/mol. The van der Waals surface area contributed by atoms with Gasteiger partial charge in [0.1, 0.15) is 9.84 Å². The number of anilines is 1. The van der Waals surface area contributed by atoms with Gasteiger partial charge in [0.25, 0.3) is 0 Å². The van der Waals surface area contributed by atoms with Crippen LogP contribution in [0.4, 0.5) is 5.69 Å². The second-order valence-corrected chi connectivity index (χ2v) is 9.08. The molecule has 28 heavy (non-hydrogen) atoms. The number of nitrogens with one attached hydrogen (secondary N) is 3. The Balaban J connectivity index is 0.00000729. The second-order valence-electron chi connectivity index (χ2n) is 6.38. The predicted octanol–water partition coefficient (Wildman–Crippen LogP) is 3.06. The minimum Gasteiger partial charge on any atom is -0.357 e. The lowest BCUT2D eigenvalue weighted by Gasteiger charge is -2.17. The highest BCUT2D eigenvalue weighted by molar-refractivity contribution is 14.0. The molecule has 0 aliphatic carbocycles. The van der Waals surface area contributed by atoms with Crippen LogP contribution in [0.3, 0.4) is 0 Å². The Kier molecular flexibility index (Phi) is 13.5. The Morgan fingerprint density at radius 3 is 2.46 bits per heavy atom. The molecule has 7 nitrogen and oxygen atoms in total. The molecular weight excluding hydrogens is 515 g/mol. The summed E-state index contributed by atoms with van der Waals surface area (Å²) in [6.45, 7) is 5.05. The molecule has 1 unspecified atom stereocenters. The minimum absolute atomic E-state index is 0. The molecule has 10 heteroatoms. The number of amides is 1. The van der Waals surface area contributed by atoms with E-state index in [1.807, 2.05) is 13.8 Å². The fourth-order valence-electron chi connectivity index (χ4n) is 2.20. The van der Waals surface area contributed by atoms with Crippen molar-refractivity contribution in [3.8, 4) is 0 Å². The first-order valence-electron chi connectivity index (χ1n) is 8.97. The minimum atomic E-state index is -2.98. The molecule has 3 N–H and O–H groups in total. The van der Waals surface area contributed by atoms with Crippen LogP contribution in [0.5, 0.6) is 0 Å². The van der Waals surface area contributed by atoms with Gasteiger partial charge in [-0.25, -0.2) is 8.42 Å². The normalized spacial score (nSPS) is 12.6. The average Bonchev–Trinajstić information content (AvgIpc) is 2.58. The summed E-state index contributed by atoms with van der Waals surface area (Å²) >= 11 is 5.81. The smallest absolute Gasteiger partial charge is 0.224 e. The van der Waals surface area contributed by atoms with E-state index in [1.54, 1.807) is 24.3 Å². The third-order valence-electron chi connectivity index (χ3n) is 3.61. The summed E-state index contributed by atoms with van der Waals surface area (Å²) in [5.41, 5.74) is 0.711. The van der Waals surface area contributed by atoms with Crippen molar-refractivity contribution in [2.75, 3.05) is 30.4 Å². The van der Waals surface area contributed by atoms with Crippen molar-refractivity contribution in [2.45, 2.75) is 39.2 Å². The van der Waals surface area contributed by atoms with Crippen molar-refractivity contribution in [3.05, 3.63) is 29.3 Å². The monoisotopic (exact) mass is 544 g/mol. The van der Waals surface area contributed by atoms with Gasteiger partial charge < -0.3 is 16.0 Å². The molecular formula is C18H30ClIN4O3S. The van der Waals surface area contributed by atoms with Gasteiger partial charge in [-0.05, 0) is 51.0 Å². The van der Waals surface area contributed by atoms with Crippen LogP contribution >= 0.6 is 35.6 Å². The molecule has 0 saturated carbocycles. The van der Waals surface area contributed by atoms with Gasteiger partial charge in [0.2, 0.25) is 5.91 Å². The van der Waals surface area contributed by atoms with Crippen molar-refractivity contribution in [2.24, 2.45) is 4.99 Å². The molecule has 1 amide bonds. The summed E-state index contributed by atoms with van der Waals surface area (Å²) in [5.74, 6) is 0.675. The number of benzene rings is 1. The van der Waals surface area contributed by atoms with Gasteiger partial charge >= 0.3 is 0 Å². The van der Waals surface area contributed by atoms with Gasteiger partial charge in [-0.15, -0.1) is 24.0 Å². The summed E-state index contributed by atoms with van der Waals surface area (Å²) in [6.07, 6.45) is 2.70. The molecule has 1 aromatic rings. The third kappa shape index (κ3) is 13.2. The summed E-state index contributed by atoms with van der Waals surface area (Å²) < 4.78 is 22.5. The van der Waals surface area contributed by atoms with E-state index < -0.39 is 9.84 Å². The van der Waals surface area contributed by atoms with Crippen LogP contribution in [0.25, 0.3) is 0 Å². The number of sulfone groups is 1. The summed E-state index contributed by atoms with van der Waals surface area (Å²) in [6, 6.07) is 6.93. The number of aliphatic imine (C=N–C) groups is 1. The highest BCUT2D eigenvalue weighted by atomic mass is 127. The summed E-state index contributed by atoms with van der Waals surface area (Å²) in [4.78, 5) is 16.4. The number of nitrogens with zero attached hydrogens (tertiary/aromatic N) is 1. The number of halogens is 2. The Morgan fingerprint density at radius 1 is 1.25 bits per heavy atom. The quantitative estimate of drug-likeness (QED) is 0.182. The fraction of sp³-hybridized carbons (Fsp3) is 0.556. The van der Waals surface area contributed by atoms with E-state index in [0.29, 0.717) is 49.0 Å². The number of hydrogen-bond donors (Lipinski definition) is 3. The molecule has 0 saturated heterocycles. The van der Waals surface area contributed by atoms with Gasteiger partial charge in [-0.2, -0.15) is 0 Å². The first kappa shape index (κ1) is 26.9. The van der Waals surface area contributed by atoms with Crippen LogP contribution < -0.4 is 16.0 Å². The number of hydrogen-bond acceptors (Lipinski definition) is 4. The van der Waals surface area contributed by atoms with Crippen LogP contribution in [0.1, 0.15) is 33.1 Å². The fourth-order valence-corrected chi connectivity index (χ4v) is 3.11. The maximum absolute atomic E-state index is 11.9. The SMILES string of the molecule is CCNC(=NCCCC(=O)Nc1ccc(Cl)cc1)NC(C)CCS(C)(=O)=O.I. The Bertz CT molecular complexity index is 727. The van der Waals surface area contributed by atoms with Crippen LogP contribution in [-0.2, 0) is 14.6 Å². The predicted molar refractivity (Wildman–Crippen MR) is 128 cm³/mol. The van der Waals surface area contributed by atoms with E-state index in [2.05, 4.69) is 20.9 Å². The van der Waals surface area contributed by atoms with Gasteiger partial charge in [-0.1, -0.05) is 11.6 Å². The molecule has 1 rings (SSSR count). The molecule has 1 aromatic carbocycles. The van der Waals surface area contributed by atoms with Crippen LogP contribution in [0.2, 0.25) is 5.02 Å². The second kappa shape index (κ2) is 14.0. The topological polar surface area (TPSA) is 99.7 Å². The number of carbonyl (C=O) groups is 1. The largest absolute Gasteiger partial charge is 0.357 e. The lowest BCUT2D eigenvalue weighted by molar-refractivity contribution is -0.116. The number of carbonyl (C=O) groups excluding carboxylic acids is 1. The van der Waals surface area contributed by atoms with E-state index in [-0.39, 0.29) is 41.7 Å². The Hall–Kier alpha value is -1.07. The lowest BCUT2D eigenvalue weighted by atomic mass is 10.2. The first-order chi connectivity index (χ1) is 12.7. The van der Waals surface area contributed by atoms with E-state index >= 15 is 0 Å². The molecule has 0 aromatic heterocycles. The van der Waals surface area contributed by atoms with Gasteiger partial charge in [0, 0.05) is 42.5 Å². The standard InChI is InChI=1S/C18H29ClN4O3S.HI/c1-4-20-18(22-14(2)11-13-27(3,25)26)21-12-5-6-17(24)23-16-9-7-15(19)8-10-16;/h7-10,14H,4-6,11-13H2,1-3H3,(H,23,24)(H2,20,21,22);1H. The Morgan fingerprint density at radius 2 is 1.89 bits per heavy atom. The van der Waals surface area contributed by atoms with Crippen LogP contribution in [-0.4, -0.2) is 51.4 Å². The van der Waals surface area contributed by atoms with Gasteiger partial charge in [-0.3, -0.25) is 9.79 Å². The van der Waals surface area contributed by atoms with Crippen LogP contribution in [0, 0.1) is 0 Å².